The second-order valence-corrected chi connectivity index (χ2v) is 4.08. The topological polar surface area (TPSA) is 57.2 Å². The molecule has 0 N–H and O–H groups in total. The molecule has 6 heteroatoms. The molecule has 6 nitrogen and oxygen atoms in total. The van der Waals surface area contributed by atoms with Gasteiger partial charge in [-0.3, -0.25) is 4.79 Å². The predicted octanol–water partition coefficient (Wildman–Crippen LogP) is 0.551. The van der Waals surface area contributed by atoms with Gasteiger partial charge in [-0.25, -0.2) is 0 Å². The van der Waals surface area contributed by atoms with Crippen molar-refractivity contribution in [3.05, 3.63) is 0 Å². The van der Waals surface area contributed by atoms with Gasteiger partial charge in [-0.05, 0) is 14.0 Å². The van der Waals surface area contributed by atoms with Gasteiger partial charge in [0.25, 0.3) is 0 Å². The van der Waals surface area contributed by atoms with Crippen molar-refractivity contribution in [1.82, 2.24) is 4.90 Å². The van der Waals surface area contributed by atoms with Crippen LogP contribution in [0.5, 0.6) is 0 Å². The van der Waals surface area contributed by atoms with Crippen LogP contribution < -0.4 is 0 Å². The van der Waals surface area contributed by atoms with Gasteiger partial charge in [-0.1, -0.05) is 0 Å². The van der Waals surface area contributed by atoms with Crippen molar-refractivity contribution < 1.29 is 23.7 Å². The molecule has 0 fully saturated rings. The summed E-state index contributed by atoms with van der Waals surface area (Å²) in [5.41, 5.74) is 0. The highest BCUT2D eigenvalue weighted by atomic mass is 16.5. The van der Waals surface area contributed by atoms with Crippen LogP contribution in [-0.4, -0.2) is 77.8 Å². The summed E-state index contributed by atoms with van der Waals surface area (Å²) in [6.45, 7) is 6.72. The molecule has 0 amide bonds. The van der Waals surface area contributed by atoms with Crippen LogP contribution in [0.1, 0.15) is 13.3 Å². The van der Waals surface area contributed by atoms with Crippen LogP contribution in [0, 0.1) is 0 Å². The molecular formula is C13H27NO5. The fourth-order valence-electron chi connectivity index (χ4n) is 1.31. The number of hydrogen-bond donors (Lipinski definition) is 0. The van der Waals surface area contributed by atoms with Gasteiger partial charge in [0.1, 0.15) is 0 Å². The molecule has 0 spiro atoms. The average Bonchev–Trinajstić information content (AvgIpc) is 2.40. The summed E-state index contributed by atoms with van der Waals surface area (Å²) in [6.07, 6.45) is 0.421. The zero-order valence-electron chi connectivity index (χ0n) is 12.4. The van der Waals surface area contributed by atoms with Crippen molar-refractivity contribution in [2.45, 2.75) is 13.3 Å². The molecule has 0 aromatic carbocycles. The molecule has 0 aliphatic heterocycles. The first kappa shape index (κ1) is 18.3. The van der Waals surface area contributed by atoms with Crippen molar-refractivity contribution in [3.63, 3.8) is 0 Å². The summed E-state index contributed by atoms with van der Waals surface area (Å²) >= 11 is 0. The third kappa shape index (κ3) is 13.5. The normalized spacial score (nSPS) is 10.9. The van der Waals surface area contributed by atoms with E-state index < -0.39 is 0 Å². The lowest BCUT2D eigenvalue weighted by Gasteiger charge is -2.15. The summed E-state index contributed by atoms with van der Waals surface area (Å²) in [5.74, 6) is -0.151. The number of rotatable bonds is 13. The van der Waals surface area contributed by atoms with Gasteiger partial charge in [0.05, 0.1) is 46.1 Å². The zero-order chi connectivity index (χ0) is 14.3. The lowest BCUT2D eigenvalue weighted by molar-refractivity contribution is -0.143. The van der Waals surface area contributed by atoms with E-state index in [9.17, 15) is 4.79 Å². The number of nitrogens with zero attached hydrogens (tertiary/aromatic N) is 1. The quantitative estimate of drug-likeness (QED) is 0.362. The number of carbonyl (C=O) groups is 1. The van der Waals surface area contributed by atoms with Crippen LogP contribution in [0.25, 0.3) is 0 Å². The van der Waals surface area contributed by atoms with Gasteiger partial charge in [0, 0.05) is 20.2 Å². The van der Waals surface area contributed by atoms with Gasteiger partial charge >= 0.3 is 5.97 Å². The molecule has 0 radical (unpaired) electrons. The van der Waals surface area contributed by atoms with Crippen molar-refractivity contribution in [3.8, 4) is 0 Å². The van der Waals surface area contributed by atoms with E-state index in [1.165, 1.54) is 0 Å². The second kappa shape index (κ2) is 13.7. The first-order valence-electron chi connectivity index (χ1n) is 6.69. The fraction of sp³-hybridized carbons (Fsp3) is 0.923. The lowest BCUT2D eigenvalue weighted by Crippen LogP contribution is -2.26. The Morgan fingerprint density at radius 2 is 1.63 bits per heavy atom. The van der Waals surface area contributed by atoms with E-state index in [-0.39, 0.29) is 5.97 Å². The van der Waals surface area contributed by atoms with Gasteiger partial charge in [0.2, 0.25) is 0 Å². The lowest BCUT2D eigenvalue weighted by atomic mass is 10.4. The maximum Gasteiger partial charge on any atom is 0.307 e. The smallest absolute Gasteiger partial charge is 0.307 e. The SMILES string of the molecule is CCOC(=O)CCN(C)CCOCCOCCOC. The molecule has 0 heterocycles. The molecule has 0 aliphatic rings. The second-order valence-electron chi connectivity index (χ2n) is 4.08. The number of carbonyl (C=O) groups excluding carboxylic acids is 1. The Kier molecular flexibility index (Phi) is 13.2. The van der Waals surface area contributed by atoms with Crippen molar-refractivity contribution in [2.75, 3.05) is 66.9 Å². The molecule has 114 valence electrons. The Balaban J connectivity index is 3.24. The highest BCUT2D eigenvalue weighted by Crippen LogP contribution is 1.91. The van der Waals surface area contributed by atoms with E-state index in [0.717, 1.165) is 6.54 Å². The molecule has 0 aromatic rings. The van der Waals surface area contributed by atoms with E-state index in [0.29, 0.717) is 52.6 Å². The van der Waals surface area contributed by atoms with Gasteiger partial charge in [-0.15, -0.1) is 0 Å². The Morgan fingerprint density at radius 3 is 2.26 bits per heavy atom. The minimum absolute atomic E-state index is 0.151. The van der Waals surface area contributed by atoms with Crippen molar-refractivity contribution in [2.24, 2.45) is 0 Å². The number of ether oxygens (including phenoxy) is 4. The third-order valence-corrected chi connectivity index (χ3v) is 2.42. The van der Waals surface area contributed by atoms with Gasteiger partial charge < -0.3 is 23.8 Å². The van der Waals surface area contributed by atoms with Gasteiger partial charge in [-0.2, -0.15) is 0 Å². The first-order valence-corrected chi connectivity index (χ1v) is 6.69. The number of methoxy groups -OCH3 is 1. The van der Waals surface area contributed by atoms with E-state index in [4.69, 9.17) is 18.9 Å². The number of likely N-dealkylation sites (N-methyl/N-ethyl adjacent to an activating group) is 1. The van der Waals surface area contributed by atoms with E-state index in [1.807, 2.05) is 18.9 Å². The van der Waals surface area contributed by atoms with Crippen LogP contribution in [0.4, 0.5) is 0 Å². The summed E-state index contributed by atoms with van der Waals surface area (Å²) in [5, 5.41) is 0. The Bertz CT molecular complexity index is 213. The standard InChI is InChI=1S/C13H27NO5/c1-4-19-13(15)5-6-14(2)7-8-17-11-12-18-10-9-16-3/h4-12H2,1-3H3. The van der Waals surface area contributed by atoms with E-state index in [2.05, 4.69) is 0 Å². The van der Waals surface area contributed by atoms with Crippen LogP contribution in [0.15, 0.2) is 0 Å². The molecule has 0 aromatic heterocycles. The van der Waals surface area contributed by atoms with Crippen LogP contribution in [0.3, 0.4) is 0 Å². The average molecular weight is 277 g/mol. The molecular weight excluding hydrogens is 250 g/mol. The fourth-order valence-corrected chi connectivity index (χ4v) is 1.31. The summed E-state index contributed by atoms with van der Waals surface area (Å²) in [7, 11) is 3.60. The highest BCUT2D eigenvalue weighted by Gasteiger charge is 2.04. The van der Waals surface area contributed by atoms with Crippen LogP contribution >= 0.6 is 0 Å². The monoisotopic (exact) mass is 277 g/mol. The maximum absolute atomic E-state index is 11.1. The molecule has 0 aliphatic carbocycles. The highest BCUT2D eigenvalue weighted by molar-refractivity contribution is 5.69. The number of esters is 1. The largest absolute Gasteiger partial charge is 0.466 e. The minimum Gasteiger partial charge on any atom is -0.466 e. The van der Waals surface area contributed by atoms with Gasteiger partial charge in [0.15, 0.2) is 0 Å². The molecule has 0 bridgehead atoms. The molecule has 0 atom stereocenters. The Hall–Kier alpha value is -0.690. The summed E-state index contributed by atoms with van der Waals surface area (Å²) in [6, 6.07) is 0. The minimum atomic E-state index is -0.151. The predicted molar refractivity (Wildman–Crippen MR) is 72.3 cm³/mol. The van der Waals surface area contributed by atoms with E-state index in [1.54, 1.807) is 7.11 Å². The Labute approximate surface area is 115 Å². The van der Waals surface area contributed by atoms with E-state index >= 15 is 0 Å². The summed E-state index contributed by atoms with van der Waals surface area (Å²) < 4.78 is 20.4. The van der Waals surface area contributed by atoms with Crippen LogP contribution in [0.2, 0.25) is 0 Å². The van der Waals surface area contributed by atoms with Crippen LogP contribution in [-0.2, 0) is 23.7 Å². The zero-order valence-corrected chi connectivity index (χ0v) is 12.4. The van der Waals surface area contributed by atoms with Crippen molar-refractivity contribution >= 4 is 5.97 Å². The van der Waals surface area contributed by atoms with Crippen molar-refractivity contribution in [1.29, 1.82) is 0 Å². The third-order valence-electron chi connectivity index (χ3n) is 2.42. The molecule has 0 unspecified atom stereocenters. The molecule has 0 saturated carbocycles. The Morgan fingerprint density at radius 1 is 1.00 bits per heavy atom. The first-order chi connectivity index (χ1) is 9.20. The molecule has 0 rings (SSSR count). The summed E-state index contributed by atoms with van der Waals surface area (Å²) in [4.78, 5) is 13.2. The molecule has 19 heavy (non-hydrogen) atoms. The number of hydrogen-bond acceptors (Lipinski definition) is 6. The molecule has 0 saturated heterocycles. The maximum atomic E-state index is 11.1.